The third-order valence-electron chi connectivity index (χ3n) is 4.61. The zero-order valence-corrected chi connectivity index (χ0v) is 11.0. The van der Waals surface area contributed by atoms with Crippen LogP contribution in [-0.4, -0.2) is 24.3 Å². The topological polar surface area (TPSA) is 35.5 Å². The molecule has 4 unspecified atom stereocenters. The molecule has 0 radical (unpaired) electrons. The Morgan fingerprint density at radius 3 is 2.61 bits per heavy atom. The first-order valence-electron chi connectivity index (χ1n) is 7.25. The summed E-state index contributed by atoms with van der Waals surface area (Å²) in [6.07, 6.45) is 12.1. The SMILES string of the molecule is CC(=O)OC(C1CCCCC1)C1CC2C=CC1O2. The molecule has 0 aromatic heterocycles. The largest absolute Gasteiger partial charge is 0.462 e. The van der Waals surface area contributed by atoms with Gasteiger partial charge in [-0.15, -0.1) is 0 Å². The first-order chi connectivity index (χ1) is 8.74. The van der Waals surface area contributed by atoms with Crippen LogP contribution in [0.5, 0.6) is 0 Å². The number of hydrogen-bond donors (Lipinski definition) is 0. The van der Waals surface area contributed by atoms with E-state index in [1.807, 2.05) is 0 Å². The van der Waals surface area contributed by atoms with E-state index in [0.717, 1.165) is 6.42 Å². The molecule has 4 atom stereocenters. The number of fused-ring (bicyclic) bond motifs is 2. The molecule has 0 N–H and O–H groups in total. The number of carbonyl (C=O) groups excluding carboxylic acids is 1. The van der Waals surface area contributed by atoms with E-state index >= 15 is 0 Å². The van der Waals surface area contributed by atoms with Crippen molar-refractivity contribution in [2.24, 2.45) is 11.8 Å². The lowest BCUT2D eigenvalue weighted by Gasteiger charge is -2.35. The molecule has 3 aliphatic rings. The summed E-state index contributed by atoms with van der Waals surface area (Å²) in [4.78, 5) is 11.4. The molecule has 18 heavy (non-hydrogen) atoms. The minimum absolute atomic E-state index is 0.0720. The van der Waals surface area contributed by atoms with Gasteiger partial charge in [-0.05, 0) is 25.2 Å². The highest BCUT2D eigenvalue weighted by atomic mass is 16.6. The Balaban J connectivity index is 1.72. The fourth-order valence-corrected chi connectivity index (χ4v) is 3.81. The van der Waals surface area contributed by atoms with E-state index in [-0.39, 0.29) is 24.3 Å². The number of ether oxygens (including phenoxy) is 2. The fourth-order valence-electron chi connectivity index (χ4n) is 3.81. The summed E-state index contributed by atoms with van der Waals surface area (Å²) in [6.45, 7) is 1.53. The van der Waals surface area contributed by atoms with E-state index in [1.54, 1.807) is 0 Å². The van der Waals surface area contributed by atoms with E-state index in [1.165, 1.54) is 39.0 Å². The van der Waals surface area contributed by atoms with Gasteiger partial charge in [0.2, 0.25) is 0 Å². The lowest BCUT2D eigenvalue weighted by molar-refractivity contribution is -0.154. The lowest BCUT2D eigenvalue weighted by atomic mass is 9.76. The predicted molar refractivity (Wildman–Crippen MR) is 68.0 cm³/mol. The standard InChI is InChI=1S/C15H22O3/c1-10(16)17-15(11-5-3-2-4-6-11)13-9-12-7-8-14(13)18-12/h7-8,11-15H,2-6,9H2,1H3. The van der Waals surface area contributed by atoms with Gasteiger partial charge in [0, 0.05) is 12.8 Å². The number of esters is 1. The Kier molecular flexibility index (Phi) is 3.42. The molecule has 3 heteroatoms. The maximum Gasteiger partial charge on any atom is 0.302 e. The molecule has 0 aromatic carbocycles. The highest BCUT2D eigenvalue weighted by molar-refractivity contribution is 5.66. The van der Waals surface area contributed by atoms with E-state index in [4.69, 9.17) is 9.47 Å². The second kappa shape index (κ2) is 5.04. The summed E-state index contributed by atoms with van der Waals surface area (Å²) >= 11 is 0. The molecular weight excluding hydrogens is 228 g/mol. The molecule has 0 amide bonds. The van der Waals surface area contributed by atoms with Crippen LogP contribution in [0.2, 0.25) is 0 Å². The van der Waals surface area contributed by atoms with Crippen LogP contribution < -0.4 is 0 Å². The van der Waals surface area contributed by atoms with Gasteiger partial charge in [0.1, 0.15) is 6.10 Å². The van der Waals surface area contributed by atoms with Gasteiger partial charge in [0.25, 0.3) is 0 Å². The molecule has 0 spiro atoms. The van der Waals surface area contributed by atoms with Gasteiger partial charge in [0.15, 0.2) is 0 Å². The summed E-state index contributed by atoms with van der Waals surface area (Å²) < 4.78 is 11.5. The molecule has 2 bridgehead atoms. The third kappa shape index (κ3) is 2.33. The van der Waals surface area contributed by atoms with Gasteiger partial charge in [-0.3, -0.25) is 4.79 Å². The molecule has 1 saturated carbocycles. The van der Waals surface area contributed by atoms with Crippen LogP contribution in [0, 0.1) is 11.8 Å². The van der Waals surface area contributed by atoms with Crippen molar-refractivity contribution in [3.05, 3.63) is 12.2 Å². The molecule has 1 saturated heterocycles. The van der Waals surface area contributed by atoms with E-state index < -0.39 is 0 Å². The van der Waals surface area contributed by atoms with Gasteiger partial charge in [-0.2, -0.15) is 0 Å². The normalized spacial score (nSPS) is 36.8. The number of carbonyl (C=O) groups is 1. The van der Waals surface area contributed by atoms with Gasteiger partial charge >= 0.3 is 5.97 Å². The minimum atomic E-state index is -0.141. The van der Waals surface area contributed by atoms with Crippen molar-refractivity contribution in [1.82, 2.24) is 0 Å². The summed E-state index contributed by atoms with van der Waals surface area (Å²) in [5.41, 5.74) is 0. The smallest absolute Gasteiger partial charge is 0.302 e. The zero-order chi connectivity index (χ0) is 12.5. The third-order valence-corrected chi connectivity index (χ3v) is 4.61. The lowest BCUT2D eigenvalue weighted by Crippen LogP contribution is -2.38. The molecule has 1 aliphatic carbocycles. The maximum atomic E-state index is 11.4. The van der Waals surface area contributed by atoms with Crippen LogP contribution in [0.3, 0.4) is 0 Å². The zero-order valence-electron chi connectivity index (χ0n) is 11.0. The van der Waals surface area contributed by atoms with E-state index in [2.05, 4.69) is 12.2 Å². The monoisotopic (exact) mass is 250 g/mol. The van der Waals surface area contributed by atoms with Crippen LogP contribution in [0.15, 0.2) is 12.2 Å². The second-order valence-electron chi connectivity index (χ2n) is 5.90. The van der Waals surface area contributed by atoms with Crippen LogP contribution in [0.1, 0.15) is 45.4 Å². The van der Waals surface area contributed by atoms with E-state index in [9.17, 15) is 4.79 Å². The second-order valence-corrected chi connectivity index (χ2v) is 5.90. The van der Waals surface area contributed by atoms with Crippen molar-refractivity contribution in [3.63, 3.8) is 0 Å². The number of rotatable bonds is 3. The first-order valence-corrected chi connectivity index (χ1v) is 7.25. The fraction of sp³-hybridized carbons (Fsp3) is 0.800. The van der Waals surface area contributed by atoms with Crippen molar-refractivity contribution in [2.45, 2.75) is 63.8 Å². The maximum absolute atomic E-state index is 11.4. The highest BCUT2D eigenvalue weighted by Crippen LogP contribution is 2.42. The van der Waals surface area contributed by atoms with Crippen LogP contribution in [0.25, 0.3) is 0 Å². The molecular formula is C15H22O3. The van der Waals surface area contributed by atoms with Crippen LogP contribution >= 0.6 is 0 Å². The summed E-state index contributed by atoms with van der Waals surface area (Å²) in [6, 6.07) is 0. The van der Waals surface area contributed by atoms with Gasteiger partial charge < -0.3 is 9.47 Å². The van der Waals surface area contributed by atoms with Crippen molar-refractivity contribution < 1.29 is 14.3 Å². The predicted octanol–water partition coefficient (Wildman–Crippen LogP) is 2.84. The van der Waals surface area contributed by atoms with E-state index in [0.29, 0.717) is 11.8 Å². The van der Waals surface area contributed by atoms with Crippen molar-refractivity contribution >= 4 is 5.97 Å². The van der Waals surface area contributed by atoms with Crippen LogP contribution in [-0.2, 0) is 14.3 Å². The molecule has 2 aliphatic heterocycles. The Bertz CT molecular complexity index is 344. The summed E-state index contributed by atoms with van der Waals surface area (Å²) in [5, 5.41) is 0. The Hall–Kier alpha value is -0.830. The van der Waals surface area contributed by atoms with Crippen molar-refractivity contribution in [1.29, 1.82) is 0 Å². The highest BCUT2D eigenvalue weighted by Gasteiger charge is 2.45. The minimum Gasteiger partial charge on any atom is -0.462 e. The molecule has 100 valence electrons. The van der Waals surface area contributed by atoms with Gasteiger partial charge in [-0.25, -0.2) is 0 Å². The molecule has 3 nitrogen and oxygen atoms in total. The Morgan fingerprint density at radius 1 is 1.28 bits per heavy atom. The molecule has 2 heterocycles. The molecule has 3 rings (SSSR count). The van der Waals surface area contributed by atoms with Crippen molar-refractivity contribution in [2.75, 3.05) is 0 Å². The first kappa shape index (κ1) is 12.2. The van der Waals surface area contributed by atoms with Gasteiger partial charge in [-0.1, -0.05) is 31.4 Å². The van der Waals surface area contributed by atoms with Crippen LogP contribution in [0.4, 0.5) is 0 Å². The molecule has 0 aromatic rings. The van der Waals surface area contributed by atoms with Crippen molar-refractivity contribution in [3.8, 4) is 0 Å². The summed E-state index contributed by atoms with van der Waals surface area (Å²) in [7, 11) is 0. The average Bonchev–Trinajstić information content (AvgIpc) is 2.99. The average molecular weight is 250 g/mol. The Labute approximate surface area is 109 Å². The summed E-state index contributed by atoms with van der Waals surface area (Å²) in [5.74, 6) is 0.785. The number of hydrogen-bond acceptors (Lipinski definition) is 3. The Morgan fingerprint density at radius 2 is 2.06 bits per heavy atom. The van der Waals surface area contributed by atoms with Gasteiger partial charge in [0.05, 0.1) is 12.2 Å². The quantitative estimate of drug-likeness (QED) is 0.570. The molecule has 2 fully saturated rings.